The molecule has 134 valence electrons. The van der Waals surface area contributed by atoms with Gasteiger partial charge in [0.15, 0.2) is 0 Å². The number of esters is 1. The van der Waals surface area contributed by atoms with Gasteiger partial charge in [0.25, 0.3) is 0 Å². The number of rotatable bonds is 6. The molecule has 0 aliphatic carbocycles. The zero-order valence-corrected chi connectivity index (χ0v) is 15.7. The molecule has 1 aromatic carbocycles. The van der Waals surface area contributed by atoms with Gasteiger partial charge >= 0.3 is 5.97 Å². The second-order valence-electron chi connectivity index (χ2n) is 7.61. The lowest BCUT2D eigenvalue weighted by molar-refractivity contribution is -0.143. The SMILES string of the molecule is CCCN(CCC)C1COc2ccc(OC(=O)C(C)(C)C)cc2C1. The van der Waals surface area contributed by atoms with Crippen molar-refractivity contribution < 1.29 is 14.3 Å². The van der Waals surface area contributed by atoms with E-state index < -0.39 is 5.41 Å². The van der Waals surface area contributed by atoms with Crippen molar-refractivity contribution in [3.63, 3.8) is 0 Å². The zero-order valence-electron chi connectivity index (χ0n) is 15.7. The van der Waals surface area contributed by atoms with Crippen LogP contribution in [0.3, 0.4) is 0 Å². The summed E-state index contributed by atoms with van der Waals surface area (Å²) < 4.78 is 11.5. The lowest BCUT2D eigenvalue weighted by Crippen LogP contribution is -2.44. The van der Waals surface area contributed by atoms with Crippen molar-refractivity contribution in [1.29, 1.82) is 0 Å². The summed E-state index contributed by atoms with van der Waals surface area (Å²) in [5, 5.41) is 0. The fourth-order valence-electron chi connectivity index (χ4n) is 2.96. The monoisotopic (exact) mass is 333 g/mol. The smallest absolute Gasteiger partial charge is 0.316 e. The third-order valence-electron chi connectivity index (χ3n) is 4.28. The second kappa shape index (κ2) is 8.02. The Kier molecular flexibility index (Phi) is 6.27. The van der Waals surface area contributed by atoms with Gasteiger partial charge in [0.2, 0.25) is 0 Å². The van der Waals surface area contributed by atoms with Crippen LogP contribution >= 0.6 is 0 Å². The maximum atomic E-state index is 12.1. The van der Waals surface area contributed by atoms with Gasteiger partial charge in [0.1, 0.15) is 18.1 Å². The van der Waals surface area contributed by atoms with E-state index in [9.17, 15) is 4.79 Å². The van der Waals surface area contributed by atoms with Crippen LogP contribution in [0.1, 0.15) is 53.0 Å². The van der Waals surface area contributed by atoms with Gasteiger partial charge in [-0.1, -0.05) is 13.8 Å². The zero-order chi connectivity index (χ0) is 17.7. The molecular formula is C20H31NO3. The summed E-state index contributed by atoms with van der Waals surface area (Å²) >= 11 is 0. The van der Waals surface area contributed by atoms with Crippen molar-refractivity contribution in [3.05, 3.63) is 23.8 Å². The molecule has 0 saturated carbocycles. The first kappa shape index (κ1) is 18.8. The minimum absolute atomic E-state index is 0.214. The molecule has 2 rings (SSSR count). The largest absolute Gasteiger partial charge is 0.492 e. The highest BCUT2D eigenvalue weighted by atomic mass is 16.5. The molecule has 1 aliphatic rings. The molecule has 0 radical (unpaired) electrons. The molecule has 0 fully saturated rings. The predicted octanol–water partition coefficient (Wildman–Crippen LogP) is 4.06. The lowest BCUT2D eigenvalue weighted by atomic mass is 9.97. The maximum Gasteiger partial charge on any atom is 0.316 e. The van der Waals surface area contributed by atoms with Gasteiger partial charge < -0.3 is 9.47 Å². The van der Waals surface area contributed by atoms with Gasteiger partial charge in [-0.3, -0.25) is 9.69 Å². The molecule has 0 saturated heterocycles. The Balaban J connectivity index is 2.11. The number of hydrogen-bond acceptors (Lipinski definition) is 4. The van der Waals surface area contributed by atoms with Gasteiger partial charge in [-0.2, -0.15) is 0 Å². The summed E-state index contributed by atoms with van der Waals surface area (Å²) in [5.74, 6) is 1.31. The average molecular weight is 333 g/mol. The van der Waals surface area contributed by atoms with Gasteiger partial charge in [-0.25, -0.2) is 0 Å². The van der Waals surface area contributed by atoms with E-state index in [4.69, 9.17) is 9.47 Å². The van der Waals surface area contributed by atoms with Crippen molar-refractivity contribution in [2.24, 2.45) is 5.41 Å². The Morgan fingerprint density at radius 1 is 1.25 bits per heavy atom. The van der Waals surface area contributed by atoms with Crippen molar-refractivity contribution in [2.45, 2.75) is 59.9 Å². The Labute approximate surface area is 146 Å². The first-order valence-electron chi connectivity index (χ1n) is 9.07. The van der Waals surface area contributed by atoms with Crippen LogP contribution in [0.4, 0.5) is 0 Å². The quantitative estimate of drug-likeness (QED) is 0.581. The summed E-state index contributed by atoms with van der Waals surface area (Å²) in [6, 6.07) is 6.09. The van der Waals surface area contributed by atoms with Crippen molar-refractivity contribution in [1.82, 2.24) is 4.90 Å². The molecule has 24 heavy (non-hydrogen) atoms. The fourth-order valence-corrected chi connectivity index (χ4v) is 2.96. The first-order valence-corrected chi connectivity index (χ1v) is 9.07. The molecule has 0 bridgehead atoms. The van der Waals surface area contributed by atoms with Crippen LogP contribution < -0.4 is 9.47 Å². The van der Waals surface area contributed by atoms with E-state index in [2.05, 4.69) is 18.7 Å². The number of nitrogens with zero attached hydrogens (tertiary/aromatic N) is 1. The normalized spacial score (nSPS) is 17.3. The second-order valence-corrected chi connectivity index (χ2v) is 7.61. The van der Waals surface area contributed by atoms with Crippen LogP contribution in [-0.4, -0.2) is 36.6 Å². The third-order valence-corrected chi connectivity index (χ3v) is 4.28. The van der Waals surface area contributed by atoms with Gasteiger partial charge in [-0.15, -0.1) is 0 Å². The highest BCUT2D eigenvalue weighted by Gasteiger charge is 2.27. The summed E-state index contributed by atoms with van der Waals surface area (Å²) in [6.45, 7) is 12.9. The molecule has 1 aromatic rings. The standard InChI is InChI=1S/C20H31NO3/c1-6-10-21(11-7-2)16-12-15-13-17(8-9-18(15)23-14-16)24-19(22)20(3,4)5/h8-9,13,16H,6-7,10-12,14H2,1-5H3. The van der Waals surface area contributed by atoms with Crippen LogP contribution in [-0.2, 0) is 11.2 Å². The van der Waals surface area contributed by atoms with Crippen LogP contribution in [0, 0.1) is 5.41 Å². The number of benzene rings is 1. The fraction of sp³-hybridized carbons (Fsp3) is 0.650. The van der Waals surface area contributed by atoms with Crippen LogP contribution in [0.5, 0.6) is 11.5 Å². The Morgan fingerprint density at radius 2 is 1.92 bits per heavy atom. The molecule has 0 N–H and O–H groups in total. The third kappa shape index (κ3) is 4.73. The van der Waals surface area contributed by atoms with Crippen LogP contribution in [0.15, 0.2) is 18.2 Å². The molecule has 1 atom stereocenters. The van der Waals surface area contributed by atoms with Crippen LogP contribution in [0.2, 0.25) is 0 Å². The molecule has 1 unspecified atom stereocenters. The summed E-state index contributed by atoms with van der Waals surface area (Å²) in [5.41, 5.74) is 0.622. The van der Waals surface area contributed by atoms with E-state index in [1.54, 1.807) is 0 Å². The highest BCUT2D eigenvalue weighted by Crippen LogP contribution is 2.31. The Morgan fingerprint density at radius 3 is 2.50 bits per heavy atom. The first-order chi connectivity index (χ1) is 11.3. The van der Waals surface area contributed by atoms with E-state index in [0.717, 1.165) is 50.3 Å². The number of fused-ring (bicyclic) bond motifs is 1. The van der Waals surface area contributed by atoms with Gasteiger partial charge in [0.05, 0.1) is 5.41 Å². The minimum Gasteiger partial charge on any atom is -0.492 e. The van der Waals surface area contributed by atoms with Gasteiger partial charge in [-0.05, 0) is 76.9 Å². The van der Waals surface area contributed by atoms with Crippen molar-refractivity contribution >= 4 is 5.97 Å². The van der Waals surface area contributed by atoms with Crippen LogP contribution in [0.25, 0.3) is 0 Å². The van der Waals surface area contributed by atoms with E-state index in [1.807, 2.05) is 39.0 Å². The maximum absolute atomic E-state index is 12.1. The van der Waals surface area contributed by atoms with E-state index in [1.165, 1.54) is 0 Å². The summed E-state index contributed by atoms with van der Waals surface area (Å²) in [7, 11) is 0. The van der Waals surface area contributed by atoms with E-state index >= 15 is 0 Å². The number of carbonyl (C=O) groups is 1. The lowest BCUT2D eigenvalue weighted by Gasteiger charge is -2.35. The molecule has 4 heteroatoms. The Bertz CT molecular complexity index is 556. The molecule has 0 spiro atoms. The molecule has 1 heterocycles. The molecular weight excluding hydrogens is 302 g/mol. The van der Waals surface area contributed by atoms with E-state index in [-0.39, 0.29) is 5.97 Å². The molecule has 0 amide bonds. The van der Waals surface area contributed by atoms with Gasteiger partial charge in [0, 0.05) is 6.04 Å². The number of hydrogen-bond donors (Lipinski definition) is 0. The topological polar surface area (TPSA) is 38.8 Å². The van der Waals surface area contributed by atoms with Crippen molar-refractivity contribution in [2.75, 3.05) is 19.7 Å². The predicted molar refractivity (Wildman–Crippen MR) is 96.7 cm³/mol. The summed E-state index contributed by atoms with van der Waals surface area (Å²) in [6.07, 6.45) is 3.23. The molecule has 0 aromatic heterocycles. The number of ether oxygens (including phenoxy) is 2. The van der Waals surface area contributed by atoms with E-state index in [0.29, 0.717) is 11.8 Å². The van der Waals surface area contributed by atoms with Crippen molar-refractivity contribution in [3.8, 4) is 11.5 Å². The Hall–Kier alpha value is -1.55. The average Bonchev–Trinajstić information content (AvgIpc) is 2.53. The summed E-state index contributed by atoms with van der Waals surface area (Å²) in [4.78, 5) is 14.6. The highest BCUT2D eigenvalue weighted by molar-refractivity contribution is 5.78. The number of carbonyl (C=O) groups excluding carboxylic acids is 1. The minimum atomic E-state index is -0.506. The molecule has 4 nitrogen and oxygen atoms in total. The molecule has 1 aliphatic heterocycles.